The summed E-state index contributed by atoms with van der Waals surface area (Å²) in [6, 6.07) is 15.7. The third kappa shape index (κ3) is 3.92. The Balaban J connectivity index is 1.58. The number of nitrogens with zero attached hydrogens (tertiary/aromatic N) is 2. The highest BCUT2D eigenvalue weighted by molar-refractivity contribution is 6.30. The number of hydrogen-bond acceptors (Lipinski definition) is 2. The molecule has 0 saturated carbocycles. The van der Waals surface area contributed by atoms with Crippen LogP contribution >= 0.6 is 11.6 Å². The molecule has 1 saturated heterocycles. The molecular formula is C19H21ClN2O. The summed E-state index contributed by atoms with van der Waals surface area (Å²) in [7, 11) is 0. The molecule has 0 bridgehead atoms. The zero-order chi connectivity index (χ0) is 16.2. The lowest BCUT2D eigenvalue weighted by Gasteiger charge is -2.35. The Morgan fingerprint density at radius 3 is 2.48 bits per heavy atom. The molecule has 0 N–H and O–H groups in total. The van der Waals surface area contributed by atoms with Crippen molar-refractivity contribution in [2.24, 2.45) is 0 Å². The second kappa shape index (κ2) is 7.16. The lowest BCUT2D eigenvalue weighted by Crippen LogP contribution is -2.48. The smallest absolute Gasteiger partial charge is 0.253 e. The third-order valence-electron chi connectivity index (χ3n) is 4.39. The molecule has 1 amide bonds. The molecule has 3 rings (SSSR count). The van der Waals surface area contributed by atoms with Gasteiger partial charge < -0.3 is 4.90 Å². The minimum Gasteiger partial charge on any atom is -0.336 e. The second-order valence-electron chi connectivity index (χ2n) is 6.01. The van der Waals surface area contributed by atoms with E-state index >= 15 is 0 Å². The van der Waals surface area contributed by atoms with Crippen LogP contribution in [0.25, 0.3) is 0 Å². The minimum atomic E-state index is 0.0723. The molecular weight excluding hydrogens is 308 g/mol. The summed E-state index contributed by atoms with van der Waals surface area (Å²) in [5.41, 5.74) is 3.36. The van der Waals surface area contributed by atoms with Crippen LogP contribution in [0.1, 0.15) is 21.5 Å². The molecule has 0 aromatic heterocycles. The summed E-state index contributed by atoms with van der Waals surface area (Å²) < 4.78 is 0. The quantitative estimate of drug-likeness (QED) is 0.859. The highest BCUT2D eigenvalue weighted by Gasteiger charge is 2.22. The van der Waals surface area contributed by atoms with E-state index in [9.17, 15) is 4.79 Å². The van der Waals surface area contributed by atoms with Crippen molar-refractivity contribution in [2.75, 3.05) is 26.2 Å². The van der Waals surface area contributed by atoms with E-state index in [1.165, 1.54) is 11.1 Å². The van der Waals surface area contributed by atoms with Crippen LogP contribution in [0.5, 0.6) is 0 Å². The fourth-order valence-corrected chi connectivity index (χ4v) is 3.13. The number of carbonyl (C=O) groups is 1. The molecule has 23 heavy (non-hydrogen) atoms. The van der Waals surface area contributed by atoms with Crippen LogP contribution in [0.2, 0.25) is 5.02 Å². The molecule has 1 heterocycles. The monoisotopic (exact) mass is 328 g/mol. The van der Waals surface area contributed by atoms with Crippen LogP contribution in [0, 0.1) is 6.92 Å². The van der Waals surface area contributed by atoms with E-state index in [2.05, 4.69) is 36.1 Å². The maximum Gasteiger partial charge on any atom is 0.253 e. The predicted octanol–water partition coefficient (Wildman–Crippen LogP) is 3.61. The molecule has 4 heteroatoms. The van der Waals surface area contributed by atoms with Crippen molar-refractivity contribution in [3.8, 4) is 0 Å². The molecule has 0 radical (unpaired) electrons. The molecule has 1 aliphatic heterocycles. The van der Waals surface area contributed by atoms with E-state index in [0.29, 0.717) is 10.6 Å². The van der Waals surface area contributed by atoms with Gasteiger partial charge in [-0.15, -0.1) is 0 Å². The standard InChI is InChI=1S/C19H21ClN2O/c1-15-5-2-3-6-17(15)14-21-9-11-22(12-10-21)19(23)16-7-4-8-18(20)13-16/h2-8,13H,9-12,14H2,1H3. The van der Waals surface area contributed by atoms with Crippen molar-refractivity contribution in [3.05, 3.63) is 70.2 Å². The van der Waals surface area contributed by atoms with Gasteiger partial charge >= 0.3 is 0 Å². The average molecular weight is 329 g/mol. The van der Waals surface area contributed by atoms with Gasteiger partial charge in [0, 0.05) is 43.3 Å². The normalized spacial score (nSPS) is 15.7. The van der Waals surface area contributed by atoms with Gasteiger partial charge in [0.2, 0.25) is 0 Å². The zero-order valence-electron chi connectivity index (χ0n) is 13.3. The highest BCUT2D eigenvalue weighted by atomic mass is 35.5. The van der Waals surface area contributed by atoms with Crippen LogP contribution in [0.3, 0.4) is 0 Å². The summed E-state index contributed by atoms with van der Waals surface area (Å²) in [6.07, 6.45) is 0. The molecule has 1 aliphatic rings. The first-order chi connectivity index (χ1) is 11.1. The number of carbonyl (C=O) groups excluding carboxylic acids is 1. The van der Waals surface area contributed by atoms with Gasteiger partial charge in [0.1, 0.15) is 0 Å². The number of aryl methyl sites for hydroxylation is 1. The summed E-state index contributed by atoms with van der Waals surface area (Å²) in [6.45, 7) is 6.43. The van der Waals surface area contributed by atoms with E-state index in [-0.39, 0.29) is 5.91 Å². The Hall–Kier alpha value is -1.84. The Morgan fingerprint density at radius 2 is 1.78 bits per heavy atom. The van der Waals surface area contributed by atoms with E-state index in [1.807, 2.05) is 17.0 Å². The first kappa shape index (κ1) is 16.0. The molecule has 120 valence electrons. The lowest BCUT2D eigenvalue weighted by atomic mass is 10.1. The van der Waals surface area contributed by atoms with Crippen molar-refractivity contribution < 1.29 is 4.79 Å². The number of hydrogen-bond donors (Lipinski definition) is 0. The summed E-state index contributed by atoms with van der Waals surface area (Å²) >= 11 is 5.98. The minimum absolute atomic E-state index is 0.0723. The number of halogens is 1. The summed E-state index contributed by atoms with van der Waals surface area (Å²) in [5.74, 6) is 0.0723. The maximum atomic E-state index is 12.5. The number of benzene rings is 2. The number of rotatable bonds is 3. The van der Waals surface area contributed by atoms with E-state index in [4.69, 9.17) is 11.6 Å². The average Bonchev–Trinajstić information content (AvgIpc) is 2.57. The van der Waals surface area contributed by atoms with Gasteiger partial charge in [0.05, 0.1) is 0 Å². The van der Waals surface area contributed by atoms with Crippen LogP contribution in [0.15, 0.2) is 48.5 Å². The topological polar surface area (TPSA) is 23.6 Å². The first-order valence-electron chi connectivity index (χ1n) is 7.95. The first-order valence-corrected chi connectivity index (χ1v) is 8.33. The van der Waals surface area contributed by atoms with Gasteiger partial charge in [-0.3, -0.25) is 9.69 Å². The predicted molar refractivity (Wildman–Crippen MR) is 93.8 cm³/mol. The molecule has 0 atom stereocenters. The van der Waals surface area contributed by atoms with Crippen LogP contribution in [-0.4, -0.2) is 41.9 Å². The fraction of sp³-hybridized carbons (Fsp3) is 0.316. The van der Waals surface area contributed by atoms with Crippen LogP contribution < -0.4 is 0 Å². The van der Waals surface area contributed by atoms with Crippen molar-refractivity contribution >= 4 is 17.5 Å². The lowest BCUT2D eigenvalue weighted by molar-refractivity contribution is 0.0628. The van der Waals surface area contributed by atoms with Crippen molar-refractivity contribution in [1.82, 2.24) is 9.80 Å². The molecule has 0 spiro atoms. The third-order valence-corrected chi connectivity index (χ3v) is 4.62. The highest BCUT2D eigenvalue weighted by Crippen LogP contribution is 2.16. The number of piperazine rings is 1. The molecule has 1 fully saturated rings. The molecule has 2 aromatic rings. The SMILES string of the molecule is Cc1ccccc1CN1CCN(C(=O)c2cccc(Cl)c2)CC1. The Kier molecular flexibility index (Phi) is 4.99. The van der Waals surface area contributed by atoms with E-state index < -0.39 is 0 Å². The van der Waals surface area contributed by atoms with Crippen molar-refractivity contribution in [2.45, 2.75) is 13.5 Å². The largest absolute Gasteiger partial charge is 0.336 e. The molecule has 3 nitrogen and oxygen atoms in total. The Bertz CT molecular complexity index is 693. The van der Waals surface area contributed by atoms with Gasteiger partial charge in [-0.25, -0.2) is 0 Å². The fourth-order valence-electron chi connectivity index (χ4n) is 2.94. The molecule has 0 aliphatic carbocycles. The zero-order valence-corrected chi connectivity index (χ0v) is 14.1. The molecule has 2 aromatic carbocycles. The summed E-state index contributed by atoms with van der Waals surface area (Å²) in [5, 5.41) is 0.606. The Labute approximate surface area is 142 Å². The molecule has 0 unspecified atom stereocenters. The van der Waals surface area contributed by atoms with Gasteiger partial charge in [0.25, 0.3) is 5.91 Å². The van der Waals surface area contributed by atoms with E-state index in [0.717, 1.165) is 32.7 Å². The van der Waals surface area contributed by atoms with Gasteiger partial charge in [-0.05, 0) is 36.2 Å². The van der Waals surface area contributed by atoms with Crippen molar-refractivity contribution in [3.63, 3.8) is 0 Å². The van der Waals surface area contributed by atoms with E-state index in [1.54, 1.807) is 12.1 Å². The van der Waals surface area contributed by atoms with Gasteiger partial charge in [-0.2, -0.15) is 0 Å². The number of amides is 1. The van der Waals surface area contributed by atoms with Gasteiger partial charge in [0.15, 0.2) is 0 Å². The van der Waals surface area contributed by atoms with Crippen molar-refractivity contribution in [1.29, 1.82) is 0 Å². The second-order valence-corrected chi connectivity index (χ2v) is 6.44. The maximum absolute atomic E-state index is 12.5. The van der Waals surface area contributed by atoms with Gasteiger partial charge in [-0.1, -0.05) is 41.9 Å². The summed E-state index contributed by atoms with van der Waals surface area (Å²) in [4.78, 5) is 16.8. The van der Waals surface area contributed by atoms with Crippen LogP contribution in [-0.2, 0) is 6.54 Å². The van der Waals surface area contributed by atoms with Crippen LogP contribution in [0.4, 0.5) is 0 Å². The Morgan fingerprint density at radius 1 is 1.04 bits per heavy atom.